The summed E-state index contributed by atoms with van der Waals surface area (Å²) >= 11 is 1.32. The van der Waals surface area contributed by atoms with E-state index in [-0.39, 0.29) is 17.5 Å². The van der Waals surface area contributed by atoms with Crippen LogP contribution in [0, 0.1) is 6.92 Å². The van der Waals surface area contributed by atoms with E-state index in [0.29, 0.717) is 28.2 Å². The Morgan fingerprint density at radius 2 is 2.03 bits per heavy atom. The van der Waals surface area contributed by atoms with Crippen molar-refractivity contribution in [2.24, 2.45) is 0 Å². The Kier molecular flexibility index (Phi) is 5.41. The molecule has 0 N–H and O–H groups in total. The molecule has 1 fully saturated rings. The fraction of sp³-hybridized carbons (Fsp3) is 0.409. The SMILES string of the molecule is CCOc1ccc(C2CCCN2C(=O)c2sc3ncn(CC)c(=O)c3c2C)cc1. The normalized spacial score (nSPS) is 16.5. The third-order valence-electron chi connectivity index (χ3n) is 5.54. The molecule has 1 saturated heterocycles. The molecule has 0 radical (unpaired) electrons. The van der Waals surface area contributed by atoms with E-state index in [1.165, 1.54) is 11.3 Å². The van der Waals surface area contributed by atoms with Crippen LogP contribution in [0.5, 0.6) is 5.75 Å². The van der Waals surface area contributed by atoms with Gasteiger partial charge in [0.25, 0.3) is 11.5 Å². The Bertz CT molecular complexity index is 1100. The van der Waals surface area contributed by atoms with Gasteiger partial charge in [-0.3, -0.25) is 14.2 Å². The minimum Gasteiger partial charge on any atom is -0.494 e. The van der Waals surface area contributed by atoms with Gasteiger partial charge in [0.15, 0.2) is 0 Å². The van der Waals surface area contributed by atoms with Crippen LogP contribution >= 0.6 is 11.3 Å². The minimum atomic E-state index is -0.0743. The first-order valence-electron chi connectivity index (χ1n) is 10.1. The predicted molar refractivity (Wildman–Crippen MR) is 115 cm³/mol. The van der Waals surface area contributed by atoms with Gasteiger partial charge in [0.1, 0.15) is 10.6 Å². The summed E-state index contributed by atoms with van der Waals surface area (Å²) < 4.78 is 7.11. The van der Waals surface area contributed by atoms with Gasteiger partial charge in [0.05, 0.1) is 29.2 Å². The van der Waals surface area contributed by atoms with Gasteiger partial charge in [-0.05, 0) is 56.9 Å². The van der Waals surface area contributed by atoms with Crippen LogP contribution in [0.4, 0.5) is 0 Å². The molecule has 6 nitrogen and oxygen atoms in total. The molecule has 1 unspecified atom stereocenters. The van der Waals surface area contributed by atoms with E-state index in [1.54, 1.807) is 10.9 Å². The molecular formula is C22H25N3O3S. The third-order valence-corrected chi connectivity index (χ3v) is 6.73. The van der Waals surface area contributed by atoms with Crippen molar-refractivity contribution >= 4 is 27.5 Å². The zero-order chi connectivity index (χ0) is 20.5. The zero-order valence-electron chi connectivity index (χ0n) is 17.0. The zero-order valence-corrected chi connectivity index (χ0v) is 17.8. The number of likely N-dealkylation sites (tertiary alicyclic amines) is 1. The lowest BCUT2D eigenvalue weighted by atomic mass is 10.0. The van der Waals surface area contributed by atoms with Crippen molar-refractivity contribution in [3.8, 4) is 5.75 Å². The number of benzene rings is 1. The number of ether oxygens (including phenoxy) is 1. The summed E-state index contributed by atoms with van der Waals surface area (Å²) in [4.78, 5) is 33.7. The smallest absolute Gasteiger partial charge is 0.264 e. The van der Waals surface area contributed by atoms with Crippen LogP contribution in [-0.2, 0) is 6.54 Å². The summed E-state index contributed by atoms with van der Waals surface area (Å²) in [6, 6.07) is 8.05. The van der Waals surface area contributed by atoms with E-state index in [1.807, 2.05) is 49.9 Å². The van der Waals surface area contributed by atoms with E-state index >= 15 is 0 Å². The molecule has 0 bridgehead atoms. The first-order valence-corrected chi connectivity index (χ1v) is 10.9. The Morgan fingerprint density at radius 3 is 2.72 bits per heavy atom. The Hall–Kier alpha value is -2.67. The van der Waals surface area contributed by atoms with Crippen molar-refractivity contribution in [2.75, 3.05) is 13.2 Å². The molecular weight excluding hydrogens is 386 g/mol. The van der Waals surface area contributed by atoms with Gasteiger partial charge in [0.2, 0.25) is 0 Å². The number of thiophene rings is 1. The van der Waals surface area contributed by atoms with E-state index < -0.39 is 0 Å². The summed E-state index contributed by atoms with van der Waals surface area (Å²) in [5, 5.41) is 0.569. The van der Waals surface area contributed by atoms with E-state index in [9.17, 15) is 9.59 Å². The summed E-state index contributed by atoms with van der Waals surface area (Å²) in [5.41, 5.74) is 1.78. The number of hydrogen-bond acceptors (Lipinski definition) is 5. The molecule has 1 aliphatic rings. The number of hydrogen-bond donors (Lipinski definition) is 0. The van der Waals surface area contributed by atoms with Crippen LogP contribution in [0.15, 0.2) is 35.4 Å². The van der Waals surface area contributed by atoms with Gasteiger partial charge in [-0.2, -0.15) is 0 Å². The van der Waals surface area contributed by atoms with Gasteiger partial charge in [0, 0.05) is 13.1 Å². The standard InChI is InChI=1S/C22H25N3O3S/c1-4-24-13-23-20-18(21(24)26)14(3)19(29-20)22(27)25-12-6-7-17(25)15-8-10-16(11-9-15)28-5-2/h8-11,13,17H,4-7,12H2,1-3H3. The average Bonchev–Trinajstić information content (AvgIpc) is 3.34. The number of carbonyl (C=O) groups is 1. The molecule has 1 aliphatic heterocycles. The van der Waals surface area contributed by atoms with Crippen LogP contribution in [-0.4, -0.2) is 33.5 Å². The van der Waals surface area contributed by atoms with Crippen molar-refractivity contribution in [2.45, 2.75) is 46.2 Å². The Balaban J connectivity index is 1.67. The third kappa shape index (κ3) is 3.44. The highest BCUT2D eigenvalue weighted by molar-refractivity contribution is 7.20. The summed E-state index contributed by atoms with van der Waals surface area (Å²) in [7, 11) is 0. The number of aryl methyl sites for hydroxylation is 2. The maximum absolute atomic E-state index is 13.4. The molecule has 2 aromatic heterocycles. The maximum atomic E-state index is 13.4. The Labute approximate surface area is 173 Å². The van der Waals surface area contributed by atoms with Gasteiger partial charge in [-0.15, -0.1) is 11.3 Å². The highest BCUT2D eigenvalue weighted by Crippen LogP contribution is 2.36. The number of fused-ring (bicyclic) bond motifs is 1. The molecule has 29 heavy (non-hydrogen) atoms. The molecule has 1 aromatic carbocycles. The highest BCUT2D eigenvalue weighted by atomic mass is 32.1. The lowest BCUT2D eigenvalue weighted by Crippen LogP contribution is -2.30. The van der Waals surface area contributed by atoms with Crippen molar-refractivity contribution in [3.05, 3.63) is 57.0 Å². The summed E-state index contributed by atoms with van der Waals surface area (Å²) in [5.74, 6) is 0.829. The number of rotatable bonds is 5. The molecule has 4 rings (SSSR count). The van der Waals surface area contributed by atoms with E-state index in [2.05, 4.69) is 4.98 Å². The highest BCUT2D eigenvalue weighted by Gasteiger charge is 2.33. The molecule has 3 heterocycles. The quantitative estimate of drug-likeness (QED) is 0.632. The molecule has 1 amide bonds. The van der Waals surface area contributed by atoms with Crippen LogP contribution in [0.25, 0.3) is 10.2 Å². The van der Waals surface area contributed by atoms with Gasteiger partial charge >= 0.3 is 0 Å². The van der Waals surface area contributed by atoms with Crippen molar-refractivity contribution < 1.29 is 9.53 Å². The first-order chi connectivity index (χ1) is 14.0. The van der Waals surface area contributed by atoms with E-state index in [4.69, 9.17) is 4.74 Å². The molecule has 0 saturated carbocycles. The van der Waals surface area contributed by atoms with Crippen LogP contribution in [0.2, 0.25) is 0 Å². The van der Waals surface area contributed by atoms with Crippen LogP contribution in [0.3, 0.4) is 0 Å². The second kappa shape index (κ2) is 7.99. The van der Waals surface area contributed by atoms with Gasteiger partial charge in [-0.25, -0.2) is 4.98 Å². The lowest BCUT2D eigenvalue weighted by molar-refractivity contribution is 0.0740. The minimum absolute atomic E-state index is 0.00988. The number of nitrogens with zero attached hydrogens (tertiary/aromatic N) is 3. The summed E-state index contributed by atoms with van der Waals surface area (Å²) in [6.45, 7) is 7.64. The predicted octanol–water partition coefficient (Wildman–Crippen LogP) is 4.16. The Morgan fingerprint density at radius 1 is 1.28 bits per heavy atom. The largest absolute Gasteiger partial charge is 0.494 e. The maximum Gasteiger partial charge on any atom is 0.264 e. The molecule has 3 aromatic rings. The monoisotopic (exact) mass is 411 g/mol. The van der Waals surface area contributed by atoms with Crippen LogP contribution < -0.4 is 10.3 Å². The lowest BCUT2D eigenvalue weighted by Gasteiger charge is -2.25. The number of carbonyl (C=O) groups excluding carboxylic acids is 1. The second-order valence-electron chi connectivity index (χ2n) is 7.23. The van der Waals surface area contributed by atoms with Crippen LogP contribution in [0.1, 0.15) is 53.5 Å². The van der Waals surface area contributed by atoms with Gasteiger partial charge in [-0.1, -0.05) is 12.1 Å². The fourth-order valence-corrected chi connectivity index (χ4v) is 5.12. The molecule has 0 spiro atoms. The average molecular weight is 412 g/mol. The first kappa shape index (κ1) is 19.6. The topological polar surface area (TPSA) is 64.4 Å². The van der Waals surface area contributed by atoms with Crippen molar-refractivity contribution in [1.82, 2.24) is 14.5 Å². The second-order valence-corrected chi connectivity index (χ2v) is 8.23. The molecule has 0 aliphatic carbocycles. The van der Waals surface area contributed by atoms with Crippen molar-refractivity contribution in [3.63, 3.8) is 0 Å². The van der Waals surface area contributed by atoms with Crippen molar-refractivity contribution in [1.29, 1.82) is 0 Å². The molecule has 152 valence electrons. The fourth-order valence-electron chi connectivity index (χ4n) is 4.03. The summed E-state index contributed by atoms with van der Waals surface area (Å²) in [6.07, 6.45) is 3.46. The molecule has 1 atom stereocenters. The number of aromatic nitrogens is 2. The van der Waals surface area contributed by atoms with Gasteiger partial charge < -0.3 is 9.64 Å². The number of amides is 1. The molecule has 7 heteroatoms. The van der Waals surface area contributed by atoms with E-state index in [0.717, 1.165) is 36.3 Å².